The topological polar surface area (TPSA) is 83.3 Å². The molecule has 6 nitrogen and oxygen atoms in total. The summed E-state index contributed by atoms with van der Waals surface area (Å²) in [6, 6.07) is 5.07. The van der Waals surface area contributed by atoms with Crippen LogP contribution in [-0.2, 0) is 9.30 Å². The van der Waals surface area contributed by atoms with Crippen molar-refractivity contribution in [1.29, 1.82) is 5.26 Å². The van der Waals surface area contributed by atoms with Gasteiger partial charge in [-0.2, -0.15) is 5.26 Å². The van der Waals surface area contributed by atoms with Crippen LogP contribution in [0.5, 0.6) is 0 Å². The zero-order valence-corrected chi connectivity index (χ0v) is 14.8. The van der Waals surface area contributed by atoms with Gasteiger partial charge in [-0.05, 0) is 46.2 Å². The lowest BCUT2D eigenvalue weighted by atomic mass is 10.1. The van der Waals surface area contributed by atoms with Crippen molar-refractivity contribution in [3.05, 3.63) is 17.8 Å². The number of anilines is 1. The van der Waals surface area contributed by atoms with Crippen molar-refractivity contribution in [3.63, 3.8) is 0 Å². The second-order valence-electron chi connectivity index (χ2n) is 6.26. The normalized spacial score (nSPS) is 11.3. The van der Waals surface area contributed by atoms with Gasteiger partial charge in [-0.3, -0.25) is 4.90 Å². The van der Waals surface area contributed by atoms with Crippen LogP contribution in [0, 0.1) is 23.7 Å². The van der Waals surface area contributed by atoms with Gasteiger partial charge in [-0.15, -0.1) is 6.42 Å². The highest BCUT2D eigenvalue weighted by atomic mass is 31.2. The van der Waals surface area contributed by atoms with Crippen molar-refractivity contribution in [1.82, 2.24) is 4.98 Å². The third kappa shape index (κ3) is 4.58. The number of carbonyl (C=O) groups excluding carboxylic acids is 1. The maximum Gasteiger partial charge on any atom is 0.415 e. The average molecular weight is 333 g/mol. The molecule has 0 aliphatic heterocycles. The molecule has 0 spiro atoms. The van der Waals surface area contributed by atoms with Crippen LogP contribution >= 0.6 is 7.14 Å². The summed E-state index contributed by atoms with van der Waals surface area (Å²) < 4.78 is 17.1. The third-order valence-corrected chi connectivity index (χ3v) is 4.24. The highest BCUT2D eigenvalue weighted by Gasteiger charge is 2.32. The van der Waals surface area contributed by atoms with E-state index < -0.39 is 18.8 Å². The van der Waals surface area contributed by atoms with Gasteiger partial charge in [0.05, 0.1) is 5.69 Å². The van der Waals surface area contributed by atoms with Crippen molar-refractivity contribution in [2.45, 2.75) is 26.3 Å². The Bertz CT molecular complexity index is 732. The first-order valence-electron chi connectivity index (χ1n) is 6.89. The fourth-order valence-corrected chi connectivity index (χ4v) is 2.68. The predicted octanol–water partition coefficient (Wildman–Crippen LogP) is 2.58. The van der Waals surface area contributed by atoms with Crippen molar-refractivity contribution in [2.75, 3.05) is 24.8 Å². The first kappa shape index (κ1) is 18.7. The van der Waals surface area contributed by atoms with Gasteiger partial charge >= 0.3 is 6.09 Å². The molecular weight excluding hydrogens is 313 g/mol. The summed E-state index contributed by atoms with van der Waals surface area (Å²) in [5.74, 6) is 2.23. The van der Waals surface area contributed by atoms with E-state index >= 15 is 0 Å². The lowest BCUT2D eigenvalue weighted by molar-refractivity contribution is 0.162. The number of rotatable bonds is 3. The van der Waals surface area contributed by atoms with E-state index in [4.69, 9.17) is 11.2 Å². The average Bonchev–Trinajstić information content (AvgIpc) is 2.42. The number of pyridine rings is 1. The Balaban J connectivity index is 3.44. The zero-order valence-electron chi connectivity index (χ0n) is 14.0. The molecule has 122 valence electrons. The van der Waals surface area contributed by atoms with Gasteiger partial charge in [0, 0.05) is 5.54 Å². The van der Waals surface area contributed by atoms with Crippen LogP contribution in [0.25, 0.3) is 0 Å². The summed E-state index contributed by atoms with van der Waals surface area (Å²) in [7, 11) is -2.61. The van der Waals surface area contributed by atoms with Gasteiger partial charge in [0.15, 0.2) is 12.3 Å². The number of aromatic nitrogens is 1. The van der Waals surface area contributed by atoms with E-state index in [1.807, 2.05) is 6.07 Å². The van der Waals surface area contributed by atoms with Gasteiger partial charge in [0.25, 0.3) is 0 Å². The lowest BCUT2D eigenvalue weighted by Gasteiger charge is -2.34. The molecule has 0 radical (unpaired) electrons. The Morgan fingerprint density at radius 1 is 1.43 bits per heavy atom. The Kier molecular flexibility index (Phi) is 5.59. The molecule has 1 aromatic heterocycles. The number of amides is 1. The molecule has 0 saturated carbocycles. The summed E-state index contributed by atoms with van der Waals surface area (Å²) in [4.78, 5) is 17.8. The molecule has 0 atom stereocenters. The molecule has 1 amide bonds. The summed E-state index contributed by atoms with van der Waals surface area (Å²) >= 11 is 0. The molecule has 0 N–H and O–H groups in total. The van der Waals surface area contributed by atoms with E-state index in [1.54, 1.807) is 46.2 Å². The van der Waals surface area contributed by atoms with Crippen molar-refractivity contribution < 1.29 is 14.1 Å². The van der Waals surface area contributed by atoms with E-state index in [1.165, 1.54) is 4.90 Å². The largest absolute Gasteiger partial charge is 0.436 e. The second-order valence-corrected chi connectivity index (χ2v) is 9.42. The number of hydrogen-bond donors (Lipinski definition) is 0. The highest BCUT2D eigenvalue weighted by Crippen LogP contribution is 2.35. The Hall–Kier alpha value is -2.30. The minimum atomic E-state index is -2.61. The minimum Gasteiger partial charge on any atom is -0.436 e. The summed E-state index contributed by atoms with van der Waals surface area (Å²) in [6.07, 6.45) is 4.44. The predicted molar refractivity (Wildman–Crippen MR) is 90.5 cm³/mol. The van der Waals surface area contributed by atoms with E-state index in [-0.39, 0.29) is 12.3 Å². The highest BCUT2D eigenvalue weighted by molar-refractivity contribution is 7.69. The van der Waals surface area contributed by atoms with Gasteiger partial charge < -0.3 is 9.30 Å². The standard InChI is InChI=1S/C16H20N3O3P/c1-7-10-22-15(20)19(16(2,3)4)13-8-9-14(23(5,6)21)18-12(13)11-17/h1,8-9H,10H2,2-6H3. The summed E-state index contributed by atoms with van der Waals surface area (Å²) in [6.45, 7) is 8.35. The van der Waals surface area contributed by atoms with Crippen LogP contribution in [0.2, 0.25) is 0 Å². The maximum atomic E-state index is 12.3. The Morgan fingerprint density at radius 3 is 2.48 bits per heavy atom. The van der Waals surface area contributed by atoms with Crippen molar-refractivity contribution in [3.8, 4) is 18.4 Å². The molecule has 1 heterocycles. The second kappa shape index (κ2) is 6.86. The van der Waals surface area contributed by atoms with Crippen LogP contribution in [0.3, 0.4) is 0 Å². The van der Waals surface area contributed by atoms with E-state index in [2.05, 4.69) is 10.9 Å². The molecule has 1 rings (SSSR count). The van der Waals surface area contributed by atoms with Crippen LogP contribution in [-0.4, -0.2) is 36.6 Å². The van der Waals surface area contributed by atoms with Crippen LogP contribution in [0.15, 0.2) is 12.1 Å². The first-order chi connectivity index (χ1) is 10.5. The Morgan fingerprint density at radius 2 is 2.04 bits per heavy atom. The van der Waals surface area contributed by atoms with Crippen LogP contribution in [0.4, 0.5) is 10.5 Å². The molecule has 7 heteroatoms. The fraction of sp³-hybridized carbons (Fsp3) is 0.438. The monoisotopic (exact) mass is 333 g/mol. The van der Waals surface area contributed by atoms with Gasteiger partial charge in [0.2, 0.25) is 0 Å². The van der Waals surface area contributed by atoms with E-state index in [0.717, 1.165) is 0 Å². The van der Waals surface area contributed by atoms with E-state index in [9.17, 15) is 14.6 Å². The molecule has 0 saturated heterocycles. The molecule has 23 heavy (non-hydrogen) atoms. The number of ether oxygens (including phenoxy) is 1. The van der Waals surface area contributed by atoms with Crippen LogP contribution < -0.4 is 10.3 Å². The lowest BCUT2D eigenvalue weighted by Crippen LogP contribution is -2.47. The Labute approximate surface area is 136 Å². The van der Waals surface area contributed by atoms with Gasteiger partial charge in [-0.1, -0.05) is 5.92 Å². The SMILES string of the molecule is C#CCOC(=O)N(c1ccc(P(C)(C)=O)nc1C#N)C(C)(C)C. The number of hydrogen-bond acceptors (Lipinski definition) is 5. The third-order valence-electron chi connectivity index (χ3n) is 2.89. The van der Waals surface area contributed by atoms with Gasteiger partial charge in [0.1, 0.15) is 18.6 Å². The molecular formula is C16H20N3O3P. The van der Waals surface area contributed by atoms with E-state index in [0.29, 0.717) is 11.1 Å². The summed E-state index contributed by atoms with van der Waals surface area (Å²) in [5.41, 5.74) is -0.0235. The number of carbonyl (C=O) groups is 1. The molecule has 0 aliphatic rings. The maximum absolute atomic E-state index is 12.3. The minimum absolute atomic E-state index is 0.0130. The van der Waals surface area contributed by atoms with Gasteiger partial charge in [-0.25, -0.2) is 9.78 Å². The molecule has 0 bridgehead atoms. The molecule has 0 fully saturated rings. The first-order valence-corrected chi connectivity index (χ1v) is 9.49. The van der Waals surface area contributed by atoms with Crippen LogP contribution in [0.1, 0.15) is 26.5 Å². The molecule has 0 unspecified atom stereocenters. The number of terminal acetylenes is 1. The van der Waals surface area contributed by atoms with Crippen molar-refractivity contribution in [2.24, 2.45) is 0 Å². The molecule has 1 aromatic rings. The molecule has 0 aromatic carbocycles. The molecule has 0 aliphatic carbocycles. The fourth-order valence-electron chi connectivity index (χ4n) is 1.91. The summed E-state index contributed by atoms with van der Waals surface area (Å²) in [5, 5.41) is 9.37. The number of nitriles is 1. The quantitative estimate of drug-likeness (QED) is 0.627. The zero-order chi connectivity index (χ0) is 17.8. The van der Waals surface area contributed by atoms with Crippen molar-refractivity contribution >= 4 is 24.4 Å². The smallest absolute Gasteiger partial charge is 0.415 e. The number of nitrogens with zero attached hydrogens (tertiary/aromatic N) is 3.